The minimum Gasteiger partial charge on any atom is -0.450 e. The lowest BCUT2D eigenvalue weighted by Gasteiger charge is -2.11. The molecule has 2 N–H and O–H groups in total. The molecule has 0 bridgehead atoms. The lowest BCUT2D eigenvalue weighted by molar-refractivity contribution is -0.856. The summed E-state index contributed by atoms with van der Waals surface area (Å²) in [5, 5.41) is 11.8. The molecule has 140 valence electrons. The first-order valence-electron chi connectivity index (χ1n) is 7.69. The second kappa shape index (κ2) is 8.45. The van der Waals surface area contributed by atoms with Crippen LogP contribution in [0.3, 0.4) is 0 Å². The first-order chi connectivity index (χ1) is 12.2. The number of nitrogens with one attached hydrogen (secondary N) is 2. The van der Waals surface area contributed by atoms with Gasteiger partial charge in [-0.15, -0.1) is 0 Å². The summed E-state index contributed by atoms with van der Waals surface area (Å²) in [6, 6.07) is 9.79. The second-order valence-corrected chi connectivity index (χ2v) is 8.00. The van der Waals surface area contributed by atoms with Crippen LogP contribution in [0.25, 0.3) is 0 Å². The van der Waals surface area contributed by atoms with Crippen molar-refractivity contribution in [3.8, 4) is 11.5 Å². The van der Waals surface area contributed by atoms with Crippen molar-refractivity contribution in [2.45, 2.75) is 4.90 Å². The number of nitrogens with zero attached hydrogens (tertiary/aromatic N) is 1. The molecule has 2 rings (SSSR count). The number of nitro groups is 1. The van der Waals surface area contributed by atoms with Gasteiger partial charge in [0.25, 0.3) is 0 Å². The highest BCUT2D eigenvalue weighted by Crippen LogP contribution is 2.33. The molecule has 0 atom stereocenters. The van der Waals surface area contributed by atoms with Crippen molar-refractivity contribution in [2.75, 3.05) is 27.2 Å². The van der Waals surface area contributed by atoms with Gasteiger partial charge < -0.3 is 9.64 Å². The van der Waals surface area contributed by atoms with Crippen LogP contribution < -0.4 is 14.4 Å². The molecule has 0 heterocycles. The minimum atomic E-state index is -3.85. The monoisotopic (exact) mass is 400 g/mol. The van der Waals surface area contributed by atoms with Gasteiger partial charge in [-0.3, -0.25) is 10.1 Å². The zero-order valence-corrected chi connectivity index (χ0v) is 15.8. The van der Waals surface area contributed by atoms with Gasteiger partial charge in [0.2, 0.25) is 15.8 Å². The van der Waals surface area contributed by atoms with Crippen LogP contribution in [0.4, 0.5) is 5.69 Å². The molecule has 2 aromatic rings. The predicted octanol–water partition coefficient (Wildman–Crippen LogP) is 1.46. The van der Waals surface area contributed by atoms with Crippen LogP contribution >= 0.6 is 11.6 Å². The number of benzene rings is 2. The van der Waals surface area contributed by atoms with Gasteiger partial charge in [-0.05, 0) is 36.4 Å². The van der Waals surface area contributed by atoms with Gasteiger partial charge in [-0.25, -0.2) is 13.1 Å². The van der Waals surface area contributed by atoms with E-state index in [-0.39, 0.29) is 17.2 Å². The topological polar surface area (TPSA) is 103 Å². The number of ether oxygens (including phenoxy) is 1. The Morgan fingerprint density at radius 1 is 1.19 bits per heavy atom. The Morgan fingerprint density at radius 3 is 2.42 bits per heavy atom. The van der Waals surface area contributed by atoms with E-state index >= 15 is 0 Å². The first-order valence-corrected chi connectivity index (χ1v) is 9.56. The van der Waals surface area contributed by atoms with Gasteiger partial charge in [0.15, 0.2) is 0 Å². The van der Waals surface area contributed by atoms with Gasteiger partial charge in [-0.2, -0.15) is 0 Å². The third kappa shape index (κ3) is 5.40. The van der Waals surface area contributed by atoms with Crippen molar-refractivity contribution in [3.05, 3.63) is 57.6 Å². The molecule has 0 fully saturated rings. The summed E-state index contributed by atoms with van der Waals surface area (Å²) in [6.07, 6.45) is 0. The van der Waals surface area contributed by atoms with Gasteiger partial charge in [0.05, 0.1) is 37.0 Å². The summed E-state index contributed by atoms with van der Waals surface area (Å²) in [5.41, 5.74) is -0.443. The van der Waals surface area contributed by atoms with Crippen molar-refractivity contribution in [1.29, 1.82) is 0 Å². The Balaban J connectivity index is 2.27. The quantitative estimate of drug-likeness (QED) is 0.516. The Bertz CT molecular complexity index is 885. The number of rotatable bonds is 8. The van der Waals surface area contributed by atoms with E-state index in [1.807, 2.05) is 14.1 Å². The van der Waals surface area contributed by atoms with Gasteiger partial charge in [0, 0.05) is 11.1 Å². The van der Waals surface area contributed by atoms with E-state index in [0.717, 1.165) is 11.0 Å². The van der Waals surface area contributed by atoms with Crippen LogP contribution in [0.15, 0.2) is 47.4 Å². The summed E-state index contributed by atoms with van der Waals surface area (Å²) in [5.74, 6) is 0.286. The van der Waals surface area contributed by atoms with E-state index in [9.17, 15) is 18.5 Å². The fraction of sp³-hybridized carbons (Fsp3) is 0.250. The first kappa shape index (κ1) is 20.1. The molecule has 0 aliphatic carbocycles. The van der Waals surface area contributed by atoms with E-state index in [0.29, 0.717) is 17.3 Å². The number of hydrogen-bond acceptors (Lipinski definition) is 5. The third-order valence-electron chi connectivity index (χ3n) is 3.40. The standard InChI is InChI=1S/C16H18ClN3O5S/c1-19(2)10-9-18-26(23,24)14-7-8-16(15(11-14)20(21)22)25-13-5-3-12(17)4-6-13/h3-8,11,18H,9-10H2,1-2H3/p+1. The van der Waals surface area contributed by atoms with Crippen molar-refractivity contribution in [2.24, 2.45) is 0 Å². The average molecular weight is 401 g/mol. The SMILES string of the molecule is C[NH+](C)CCNS(=O)(=O)c1ccc(Oc2ccc(Cl)cc2)c([N+](=O)[O-])c1. The maximum Gasteiger partial charge on any atom is 0.312 e. The highest BCUT2D eigenvalue weighted by atomic mass is 35.5. The minimum absolute atomic E-state index is 0.0611. The van der Waals surface area contributed by atoms with Crippen LogP contribution in [0.2, 0.25) is 5.02 Å². The Hall–Kier alpha value is -2.20. The molecule has 0 aliphatic rings. The zero-order valence-electron chi connectivity index (χ0n) is 14.2. The number of quaternary nitrogens is 1. The molecule has 0 unspecified atom stereocenters. The number of sulfonamides is 1. The number of halogens is 1. The lowest BCUT2D eigenvalue weighted by Crippen LogP contribution is -3.06. The molecular formula is C16H19ClN3O5S+. The fourth-order valence-electron chi connectivity index (χ4n) is 2.04. The van der Waals surface area contributed by atoms with Crippen molar-refractivity contribution >= 4 is 27.3 Å². The van der Waals surface area contributed by atoms with E-state index < -0.39 is 20.6 Å². The molecule has 8 nitrogen and oxygen atoms in total. The fourth-order valence-corrected chi connectivity index (χ4v) is 3.22. The number of hydrogen-bond donors (Lipinski definition) is 2. The highest BCUT2D eigenvalue weighted by Gasteiger charge is 2.22. The average Bonchev–Trinajstić information content (AvgIpc) is 2.56. The van der Waals surface area contributed by atoms with Gasteiger partial charge in [-0.1, -0.05) is 11.6 Å². The van der Waals surface area contributed by atoms with Crippen molar-refractivity contribution < 1.29 is 23.0 Å². The van der Waals surface area contributed by atoms with Crippen molar-refractivity contribution in [3.63, 3.8) is 0 Å². The van der Waals surface area contributed by atoms with Crippen LogP contribution in [-0.4, -0.2) is 40.5 Å². The van der Waals surface area contributed by atoms with Crippen LogP contribution in [0.5, 0.6) is 11.5 Å². The molecule has 10 heteroatoms. The molecular weight excluding hydrogens is 382 g/mol. The molecule has 0 aromatic heterocycles. The van der Waals surface area contributed by atoms with Gasteiger partial charge >= 0.3 is 5.69 Å². The lowest BCUT2D eigenvalue weighted by atomic mass is 10.3. The Kier molecular flexibility index (Phi) is 6.54. The summed E-state index contributed by atoms with van der Waals surface area (Å²) in [4.78, 5) is 11.5. The largest absolute Gasteiger partial charge is 0.450 e. The molecule has 0 spiro atoms. The van der Waals surface area contributed by atoms with Gasteiger partial charge in [0.1, 0.15) is 5.75 Å². The summed E-state index contributed by atoms with van der Waals surface area (Å²) in [6.45, 7) is 0.806. The molecule has 26 heavy (non-hydrogen) atoms. The molecule has 0 saturated carbocycles. The Labute approximate surface area is 156 Å². The van der Waals surface area contributed by atoms with E-state index in [1.165, 1.54) is 12.1 Å². The normalized spacial score (nSPS) is 11.5. The molecule has 0 aliphatic heterocycles. The smallest absolute Gasteiger partial charge is 0.312 e. The maximum atomic E-state index is 12.3. The zero-order chi connectivity index (χ0) is 19.3. The highest BCUT2D eigenvalue weighted by molar-refractivity contribution is 7.89. The molecule has 0 amide bonds. The Morgan fingerprint density at radius 2 is 1.85 bits per heavy atom. The van der Waals surface area contributed by atoms with Crippen LogP contribution in [0.1, 0.15) is 0 Å². The van der Waals surface area contributed by atoms with Crippen LogP contribution in [0, 0.1) is 10.1 Å². The van der Waals surface area contributed by atoms with E-state index in [1.54, 1.807) is 24.3 Å². The maximum absolute atomic E-state index is 12.3. The number of likely N-dealkylation sites (N-methyl/N-ethyl adjacent to an activating group) is 1. The van der Waals surface area contributed by atoms with E-state index in [4.69, 9.17) is 16.3 Å². The summed E-state index contributed by atoms with van der Waals surface area (Å²) in [7, 11) is -0.0662. The van der Waals surface area contributed by atoms with Crippen molar-refractivity contribution in [1.82, 2.24) is 4.72 Å². The second-order valence-electron chi connectivity index (χ2n) is 5.80. The molecule has 0 saturated heterocycles. The molecule has 0 radical (unpaired) electrons. The molecule has 2 aromatic carbocycles. The third-order valence-corrected chi connectivity index (χ3v) is 5.11. The number of nitro benzene ring substituents is 1. The summed E-state index contributed by atoms with van der Waals surface area (Å²) < 4.78 is 32.5. The van der Waals surface area contributed by atoms with E-state index in [2.05, 4.69) is 4.72 Å². The summed E-state index contributed by atoms with van der Waals surface area (Å²) >= 11 is 5.79. The van der Waals surface area contributed by atoms with Crippen LogP contribution in [-0.2, 0) is 10.0 Å². The predicted molar refractivity (Wildman–Crippen MR) is 97.5 cm³/mol.